The summed E-state index contributed by atoms with van der Waals surface area (Å²) in [6, 6.07) is 5.56. The van der Waals surface area contributed by atoms with E-state index in [4.69, 9.17) is 4.74 Å². The third-order valence-corrected chi connectivity index (χ3v) is 5.82. The molecule has 2 atom stereocenters. The van der Waals surface area contributed by atoms with Gasteiger partial charge in [-0.2, -0.15) is 0 Å². The van der Waals surface area contributed by atoms with Crippen LogP contribution in [0.15, 0.2) is 36.9 Å². The number of fused-ring (bicyclic) bond motifs is 2. The second-order valence-corrected chi connectivity index (χ2v) is 7.62. The lowest BCUT2D eigenvalue weighted by Gasteiger charge is -2.26. The summed E-state index contributed by atoms with van der Waals surface area (Å²) in [5.41, 5.74) is 6.46. The molecule has 2 unspecified atom stereocenters. The van der Waals surface area contributed by atoms with Gasteiger partial charge in [0, 0.05) is 35.3 Å². The van der Waals surface area contributed by atoms with Crippen molar-refractivity contribution in [2.75, 3.05) is 6.54 Å². The van der Waals surface area contributed by atoms with Crippen LogP contribution in [0, 0.1) is 6.92 Å². The molecule has 0 radical (unpaired) electrons. The van der Waals surface area contributed by atoms with Crippen molar-refractivity contribution in [2.45, 2.75) is 32.2 Å². The van der Waals surface area contributed by atoms with Crippen LogP contribution in [-0.4, -0.2) is 38.8 Å². The first kappa shape index (κ1) is 17.7. The Morgan fingerprint density at radius 1 is 1.34 bits per heavy atom. The number of hydrogen-bond donors (Lipinski definition) is 2. The summed E-state index contributed by atoms with van der Waals surface area (Å²) in [5.74, 6) is 0. The number of hydrogen-bond acceptors (Lipinski definition) is 3. The number of aryl methyl sites for hydroxylation is 1. The first-order valence-corrected chi connectivity index (χ1v) is 9.54. The smallest absolute Gasteiger partial charge is 0.407 e. The number of benzene rings is 1. The van der Waals surface area contributed by atoms with Crippen molar-refractivity contribution in [3.8, 4) is 11.1 Å². The quantitative estimate of drug-likeness (QED) is 0.655. The van der Waals surface area contributed by atoms with E-state index in [9.17, 15) is 14.3 Å². The van der Waals surface area contributed by atoms with Crippen LogP contribution in [0.25, 0.3) is 28.2 Å². The minimum absolute atomic E-state index is 0.105. The number of carbonyl (C=O) groups is 1. The molecule has 2 aliphatic heterocycles. The number of halogens is 1. The molecule has 1 aromatic carbocycles. The number of pyridine rings is 1. The van der Waals surface area contributed by atoms with Gasteiger partial charge in [-0.1, -0.05) is 0 Å². The lowest BCUT2D eigenvalue weighted by Crippen LogP contribution is -2.30. The van der Waals surface area contributed by atoms with E-state index in [1.54, 1.807) is 12.5 Å². The van der Waals surface area contributed by atoms with Gasteiger partial charge < -0.3 is 14.8 Å². The maximum absolute atomic E-state index is 14.1. The van der Waals surface area contributed by atoms with Crippen LogP contribution in [0.2, 0.25) is 0 Å². The van der Waals surface area contributed by atoms with E-state index < -0.39 is 18.3 Å². The number of ether oxygens (including phenoxy) is 1. The normalized spacial score (nSPS) is 20.7. The van der Waals surface area contributed by atoms with E-state index in [2.05, 4.69) is 22.1 Å². The predicted octanol–water partition coefficient (Wildman–Crippen LogP) is 4.80. The summed E-state index contributed by atoms with van der Waals surface area (Å²) >= 11 is 0. The number of amides is 1. The van der Waals surface area contributed by atoms with Gasteiger partial charge in [0.15, 0.2) is 0 Å². The average Bonchev–Trinajstić information content (AvgIpc) is 3.30. The standard InChI is InChI=1S/C22H20FN3O3/c1-12-8-24-21-17(12)6-15(9-25-21)14-4-13-2-3-29-11-19(13)18(5-14)20-7-16(23)10-26(20)22(27)28/h2-6,8-9,16,20H,7,10-11H2,1H3,(H,24,25)(H,27,28). The molecular weight excluding hydrogens is 373 g/mol. The van der Waals surface area contributed by atoms with Gasteiger partial charge in [0.1, 0.15) is 18.4 Å². The van der Waals surface area contributed by atoms with E-state index >= 15 is 0 Å². The molecule has 0 bridgehead atoms. The molecule has 6 nitrogen and oxygen atoms in total. The van der Waals surface area contributed by atoms with Gasteiger partial charge >= 0.3 is 6.09 Å². The molecule has 0 saturated carbocycles. The summed E-state index contributed by atoms with van der Waals surface area (Å²) in [4.78, 5) is 20.6. The van der Waals surface area contributed by atoms with Gasteiger partial charge in [-0.25, -0.2) is 14.2 Å². The Bertz CT molecular complexity index is 1150. The van der Waals surface area contributed by atoms with Crippen LogP contribution < -0.4 is 0 Å². The van der Waals surface area contributed by atoms with Crippen LogP contribution in [0.3, 0.4) is 0 Å². The van der Waals surface area contributed by atoms with E-state index in [0.717, 1.165) is 44.4 Å². The molecule has 29 heavy (non-hydrogen) atoms. The Kier molecular flexibility index (Phi) is 4.04. The first-order chi connectivity index (χ1) is 14.0. The maximum atomic E-state index is 14.1. The fraction of sp³-hybridized carbons (Fsp3) is 0.273. The zero-order chi connectivity index (χ0) is 20.1. The number of nitrogens with zero attached hydrogens (tertiary/aromatic N) is 2. The molecule has 1 amide bonds. The van der Waals surface area contributed by atoms with Crippen molar-refractivity contribution in [1.29, 1.82) is 0 Å². The van der Waals surface area contributed by atoms with E-state index in [1.165, 1.54) is 4.90 Å². The van der Waals surface area contributed by atoms with Gasteiger partial charge in [0.05, 0.1) is 18.8 Å². The van der Waals surface area contributed by atoms with Crippen LogP contribution >= 0.6 is 0 Å². The summed E-state index contributed by atoms with van der Waals surface area (Å²) in [7, 11) is 0. The number of alkyl halides is 1. The molecule has 2 aromatic heterocycles. The Balaban J connectivity index is 1.67. The van der Waals surface area contributed by atoms with Crippen molar-refractivity contribution in [2.24, 2.45) is 0 Å². The molecule has 0 aliphatic carbocycles. The predicted molar refractivity (Wildman–Crippen MR) is 107 cm³/mol. The topological polar surface area (TPSA) is 78.5 Å². The average molecular weight is 393 g/mol. The van der Waals surface area contributed by atoms with Crippen LogP contribution in [-0.2, 0) is 11.3 Å². The monoisotopic (exact) mass is 393 g/mol. The van der Waals surface area contributed by atoms with E-state index in [-0.39, 0.29) is 13.0 Å². The zero-order valence-electron chi connectivity index (χ0n) is 15.9. The highest BCUT2D eigenvalue weighted by atomic mass is 19.1. The minimum Gasteiger partial charge on any atom is -0.496 e. The van der Waals surface area contributed by atoms with Crippen LogP contribution in [0.5, 0.6) is 0 Å². The molecule has 4 heterocycles. The summed E-state index contributed by atoms with van der Waals surface area (Å²) in [6.07, 6.45) is 5.10. The third-order valence-electron chi connectivity index (χ3n) is 5.82. The number of H-pyrrole nitrogens is 1. The SMILES string of the molecule is Cc1c[nH]c2ncc(-c3cc4c(c(C5CC(F)CN5C(=O)O)c3)COC=C4)cc12. The van der Waals surface area contributed by atoms with Crippen molar-refractivity contribution >= 4 is 23.2 Å². The Morgan fingerprint density at radius 2 is 2.21 bits per heavy atom. The van der Waals surface area contributed by atoms with E-state index in [1.807, 2.05) is 25.3 Å². The van der Waals surface area contributed by atoms with Crippen molar-refractivity contribution in [3.05, 3.63) is 59.1 Å². The zero-order valence-corrected chi connectivity index (χ0v) is 15.9. The molecule has 2 aliphatic rings. The number of aromatic nitrogens is 2. The number of aromatic amines is 1. The van der Waals surface area contributed by atoms with Gasteiger partial charge in [-0.05, 0) is 53.5 Å². The molecule has 1 fully saturated rings. The maximum Gasteiger partial charge on any atom is 0.407 e. The molecular formula is C22H20FN3O3. The second kappa shape index (κ2) is 6.62. The molecule has 148 valence electrons. The summed E-state index contributed by atoms with van der Waals surface area (Å²) < 4.78 is 19.6. The first-order valence-electron chi connectivity index (χ1n) is 9.54. The molecule has 0 spiro atoms. The van der Waals surface area contributed by atoms with Gasteiger partial charge in [0.25, 0.3) is 0 Å². The largest absolute Gasteiger partial charge is 0.496 e. The second-order valence-electron chi connectivity index (χ2n) is 7.62. The van der Waals surface area contributed by atoms with Crippen LogP contribution in [0.4, 0.5) is 9.18 Å². The highest BCUT2D eigenvalue weighted by Gasteiger charge is 2.38. The Labute approximate surface area is 166 Å². The number of likely N-dealkylation sites (tertiary alicyclic amines) is 1. The fourth-order valence-corrected chi connectivity index (χ4v) is 4.33. The summed E-state index contributed by atoms with van der Waals surface area (Å²) in [5, 5.41) is 10.6. The van der Waals surface area contributed by atoms with Gasteiger partial charge in [-0.3, -0.25) is 4.90 Å². The minimum atomic E-state index is -1.17. The van der Waals surface area contributed by atoms with Crippen molar-refractivity contribution in [3.63, 3.8) is 0 Å². The van der Waals surface area contributed by atoms with Crippen molar-refractivity contribution in [1.82, 2.24) is 14.9 Å². The fourth-order valence-electron chi connectivity index (χ4n) is 4.33. The highest BCUT2D eigenvalue weighted by molar-refractivity contribution is 5.85. The molecule has 3 aromatic rings. The Morgan fingerprint density at radius 3 is 3.03 bits per heavy atom. The molecule has 1 saturated heterocycles. The molecule has 7 heteroatoms. The molecule has 5 rings (SSSR count). The summed E-state index contributed by atoms with van der Waals surface area (Å²) in [6.45, 7) is 2.26. The number of carboxylic acid groups (broad SMARTS) is 1. The van der Waals surface area contributed by atoms with E-state index in [0.29, 0.717) is 6.61 Å². The van der Waals surface area contributed by atoms with Crippen LogP contribution in [0.1, 0.15) is 34.7 Å². The lowest BCUT2D eigenvalue weighted by atomic mass is 9.89. The molecule has 2 N–H and O–H groups in total. The van der Waals surface area contributed by atoms with Gasteiger partial charge in [0.2, 0.25) is 0 Å². The van der Waals surface area contributed by atoms with Crippen molar-refractivity contribution < 1.29 is 19.0 Å². The number of nitrogens with one attached hydrogen (secondary N) is 1. The Hall–Kier alpha value is -3.35. The highest BCUT2D eigenvalue weighted by Crippen LogP contribution is 2.40. The lowest BCUT2D eigenvalue weighted by molar-refractivity contribution is 0.137. The third kappa shape index (κ3) is 2.93. The number of rotatable bonds is 2. The van der Waals surface area contributed by atoms with Gasteiger partial charge in [-0.15, -0.1) is 0 Å².